The van der Waals surface area contributed by atoms with Crippen molar-refractivity contribution in [3.8, 4) is 5.75 Å². The summed E-state index contributed by atoms with van der Waals surface area (Å²) in [5.74, 6) is 1.15. The number of carbonyl (C=O) groups excluding carboxylic acids is 1. The molecule has 0 unspecified atom stereocenters. The number of aromatic nitrogens is 2. The number of carbonyl (C=O) groups is 1. The molecule has 0 aliphatic carbocycles. The van der Waals surface area contributed by atoms with Crippen LogP contribution in [0.5, 0.6) is 5.75 Å². The van der Waals surface area contributed by atoms with Crippen LogP contribution < -0.4 is 10.2 Å². The number of benzene rings is 2. The van der Waals surface area contributed by atoms with Gasteiger partial charge in [-0.2, -0.15) is 0 Å². The molecule has 2 aromatic carbocycles. The summed E-state index contributed by atoms with van der Waals surface area (Å²) in [6.45, 7) is 3.65. The van der Waals surface area contributed by atoms with Crippen LogP contribution >= 0.6 is 0 Å². The van der Waals surface area contributed by atoms with Gasteiger partial charge in [0, 0.05) is 30.1 Å². The summed E-state index contributed by atoms with van der Waals surface area (Å²) in [5.41, 5.74) is 2.82. The Labute approximate surface area is 157 Å². The van der Waals surface area contributed by atoms with Crippen molar-refractivity contribution < 1.29 is 9.90 Å². The molecule has 1 amide bonds. The highest BCUT2D eigenvalue weighted by Gasteiger charge is 2.26. The van der Waals surface area contributed by atoms with E-state index in [1.165, 1.54) is 0 Å². The SMILES string of the molecule is Cc1cccc2ncnc(N3CCC(C(=O)Nc4ccc(O)cc4)CC3)c12. The quantitative estimate of drug-likeness (QED) is 0.697. The van der Waals surface area contributed by atoms with E-state index in [1.807, 2.05) is 12.1 Å². The van der Waals surface area contributed by atoms with Crippen LogP contribution in [-0.2, 0) is 4.79 Å². The number of amides is 1. The molecule has 1 aliphatic rings. The third-order valence-electron chi connectivity index (χ3n) is 5.15. The number of hydrogen-bond donors (Lipinski definition) is 2. The monoisotopic (exact) mass is 362 g/mol. The third-order valence-corrected chi connectivity index (χ3v) is 5.15. The molecule has 1 aromatic heterocycles. The molecule has 0 radical (unpaired) electrons. The number of phenolic OH excluding ortho intramolecular Hbond substituents is 1. The molecular weight excluding hydrogens is 340 g/mol. The van der Waals surface area contributed by atoms with Gasteiger partial charge in [0.25, 0.3) is 0 Å². The maximum Gasteiger partial charge on any atom is 0.227 e. The number of anilines is 2. The fourth-order valence-corrected chi connectivity index (χ4v) is 3.64. The van der Waals surface area contributed by atoms with E-state index in [1.54, 1.807) is 30.6 Å². The van der Waals surface area contributed by atoms with Crippen molar-refractivity contribution in [1.29, 1.82) is 0 Å². The molecule has 138 valence electrons. The molecular formula is C21H22N4O2. The number of piperidine rings is 1. The summed E-state index contributed by atoms with van der Waals surface area (Å²) in [6.07, 6.45) is 3.17. The number of aromatic hydroxyl groups is 1. The van der Waals surface area contributed by atoms with Crippen molar-refractivity contribution in [2.45, 2.75) is 19.8 Å². The number of rotatable bonds is 3. The van der Waals surface area contributed by atoms with E-state index in [4.69, 9.17) is 0 Å². The summed E-state index contributed by atoms with van der Waals surface area (Å²) >= 11 is 0. The van der Waals surface area contributed by atoms with Gasteiger partial charge in [0.2, 0.25) is 5.91 Å². The predicted octanol–water partition coefficient (Wildman–Crippen LogP) is 3.50. The van der Waals surface area contributed by atoms with Crippen molar-refractivity contribution in [3.63, 3.8) is 0 Å². The molecule has 0 spiro atoms. The lowest BCUT2D eigenvalue weighted by Crippen LogP contribution is -2.38. The van der Waals surface area contributed by atoms with Crippen molar-refractivity contribution >= 4 is 28.3 Å². The fourth-order valence-electron chi connectivity index (χ4n) is 3.64. The first kappa shape index (κ1) is 17.3. The number of phenols is 1. The van der Waals surface area contributed by atoms with E-state index >= 15 is 0 Å². The second-order valence-corrected chi connectivity index (χ2v) is 6.96. The molecule has 0 atom stereocenters. The van der Waals surface area contributed by atoms with Crippen LogP contribution in [0.15, 0.2) is 48.8 Å². The summed E-state index contributed by atoms with van der Waals surface area (Å²) in [6, 6.07) is 12.6. The molecule has 4 rings (SSSR count). The zero-order valence-electron chi connectivity index (χ0n) is 15.2. The maximum absolute atomic E-state index is 12.5. The number of hydrogen-bond acceptors (Lipinski definition) is 5. The van der Waals surface area contributed by atoms with E-state index in [0.717, 1.165) is 48.2 Å². The van der Waals surface area contributed by atoms with Gasteiger partial charge in [-0.15, -0.1) is 0 Å². The second-order valence-electron chi connectivity index (χ2n) is 6.96. The lowest BCUT2D eigenvalue weighted by atomic mass is 9.95. The third kappa shape index (κ3) is 3.56. The molecule has 0 bridgehead atoms. The van der Waals surface area contributed by atoms with E-state index in [2.05, 4.69) is 33.2 Å². The minimum absolute atomic E-state index is 0.0238. The summed E-state index contributed by atoms with van der Waals surface area (Å²) in [5, 5.41) is 13.4. The zero-order valence-corrected chi connectivity index (χ0v) is 15.2. The smallest absolute Gasteiger partial charge is 0.227 e. The van der Waals surface area contributed by atoms with Crippen molar-refractivity contribution in [2.75, 3.05) is 23.3 Å². The molecule has 3 aromatic rings. The Morgan fingerprint density at radius 2 is 1.85 bits per heavy atom. The van der Waals surface area contributed by atoms with Gasteiger partial charge >= 0.3 is 0 Å². The number of fused-ring (bicyclic) bond motifs is 1. The normalized spacial score (nSPS) is 15.1. The molecule has 2 heterocycles. The van der Waals surface area contributed by atoms with Gasteiger partial charge in [0.15, 0.2) is 0 Å². The standard InChI is InChI=1S/C21H22N4O2/c1-14-3-2-4-18-19(14)20(23-13-22-18)25-11-9-15(10-12-25)21(27)24-16-5-7-17(26)8-6-16/h2-8,13,15,26H,9-12H2,1H3,(H,24,27). The molecule has 1 fully saturated rings. The minimum Gasteiger partial charge on any atom is -0.508 e. The Bertz CT molecular complexity index is 958. The Morgan fingerprint density at radius 1 is 1.11 bits per heavy atom. The zero-order chi connectivity index (χ0) is 18.8. The molecule has 6 heteroatoms. The first-order chi connectivity index (χ1) is 13.1. The van der Waals surface area contributed by atoms with Crippen LogP contribution in [0.3, 0.4) is 0 Å². The van der Waals surface area contributed by atoms with Gasteiger partial charge in [-0.3, -0.25) is 4.79 Å². The first-order valence-corrected chi connectivity index (χ1v) is 9.17. The van der Waals surface area contributed by atoms with Gasteiger partial charge in [-0.05, 0) is 55.7 Å². The van der Waals surface area contributed by atoms with E-state index in [-0.39, 0.29) is 17.6 Å². The average molecular weight is 362 g/mol. The van der Waals surface area contributed by atoms with Gasteiger partial charge < -0.3 is 15.3 Å². The largest absolute Gasteiger partial charge is 0.508 e. The first-order valence-electron chi connectivity index (χ1n) is 9.17. The van der Waals surface area contributed by atoms with Gasteiger partial charge in [0.05, 0.1) is 5.52 Å². The highest BCUT2D eigenvalue weighted by Crippen LogP contribution is 2.30. The van der Waals surface area contributed by atoms with Crippen molar-refractivity contribution in [2.24, 2.45) is 5.92 Å². The van der Waals surface area contributed by atoms with Crippen LogP contribution in [0.2, 0.25) is 0 Å². The Morgan fingerprint density at radius 3 is 2.59 bits per heavy atom. The molecule has 1 saturated heterocycles. The Hall–Kier alpha value is -3.15. The predicted molar refractivity (Wildman–Crippen MR) is 106 cm³/mol. The minimum atomic E-state index is -0.0238. The van der Waals surface area contributed by atoms with Crippen molar-refractivity contribution in [3.05, 3.63) is 54.4 Å². The average Bonchev–Trinajstić information content (AvgIpc) is 2.70. The highest BCUT2D eigenvalue weighted by molar-refractivity contribution is 5.94. The van der Waals surface area contributed by atoms with Crippen LogP contribution in [0, 0.1) is 12.8 Å². The van der Waals surface area contributed by atoms with Crippen molar-refractivity contribution in [1.82, 2.24) is 9.97 Å². The summed E-state index contributed by atoms with van der Waals surface area (Å²) in [7, 11) is 0. The van der Waals surface area contributed by atoms with Gasteiger partial charge in [0.1, 0.15) is 17.9 Å². The Kier molecular flexibility index (Phi) is 4.62. The Balaban J connectivity index is 1.45. The highest BCUT2D eigenvalue weighted by atomic mass is 16.3. The van der Waals surface area contributed by atoms with E-state index < -0.39 is 0 Å². The fraction of sp³-hybridized carbons (Fsp3) is 0.286. The van der Waals surface area contributed by atoms with Crippen LogP contribution in [0.4, 0.5) is 11.5 Å². The number of nitrogens with one attached hydrogen (secondary N) is 1. The van der Waals surface area contributed by atoms with Crippen LogP contribution in [0.25, 0.3) is 10.9 Å². The topological polar surface area (TPSA) is 78.4 Å². The summed E-state index contributed by atoms with van der Waals surface area (Å²) < 4.78 is 0. The molecule has 0 saturated carbocycles. The van der Waals surface area contributed by atoms with Gasteiger partial charge in [-0.25, -0.2) is 9.97 Å². The molecule has 6 nitrogen and oxygen atoms in total. The van der Waals surface area contributed by atoms with E-state index in [9.17, 15) is 9.90 Å². The van der Waals surface area contributed by atoms with Crippen LogP contribution in [0.1, 0.15) is 18.4 Å². The molecule has 27 heavy (non-hydrogen) atoms. The lowest BCUT2D eigenvalue weighted by Gasteiger charge is -2.32. The molecule has 1 aliphatic heterocycles. The summed E-state index contributed by atoms with van der Waals surface area (Å²) in [4.78, 5) is 23.7. The number of nitrogens with zero attached hydrogens (tertiary/aromatic N) is 3. The second kappa shape index (κ2) is 7.23. The van der Waals surface area contributed by atoms with E-state index in [0.29, 0.717) is 5.69 Å². The lowest BCUT2D eigenvalue weighted by molar-refractivity contribution is -0.120. The van der Waals surface area contributed by atoms with Crippen LogP contribution in [-0.4, -0.2) is 34.1 Å². The maximum atomic E-state index is 12.5. The molecule has 2 N–H and O–H groups in total. The van der Waals surface area contributed by atoms with Gasteiger partial charge in [-0.1, -0.05) is 12.1 Å². The number of aryl methyl sites for hydroxylation is 1.